The Morgan fingerprint density at radius 3 is 2.57 bits per heavy atom. The molecule has 0 atom stereocenters. The van der Waals surface area contributed by atoms with Crippen molar-refractivity contribution >= 4 is 35.1 Å². The van der Waals surface area contributed by atoms with E-state index < -0.39 is 11.7 Å². The Morgan fingerprint density at radius 1 is 1.23 bits per heavy atom. The van der Waals surface area contributed by atoms with E-state index in [9.17, 15) is 18.0 Å². The van der Waals surface area contributed by atoms with Gasteiger partial charge in [0.1, 0.15) is 5.82 Å². The predicted molar refractivity (Wildman–Crippen MR) is 114 cm³/mol. The van der Waals surface area contributed by atoms with Crippen LogP contribution in [0, 0.1) is 5.92 Å². The molecule has 2 heterocycles. The average Bonchev–Trinajstić information content (AvgIpc) is 2.73. The summed E-state index contributed by atoms with van der Waals surface area (Å²) in [4.78, 5) is 19.3. The van der Waals surface area contributed by atoms with Gasteiger partial charge >= 0.3 is 6.18 Å². The molecule has 0 unspecified atom stereocenters. The number of nitrogens with one attached hydrogen (secondary N) is 1. The van der Waals surface area contributed by atoms with Crippen LogP contribution >= 0.6 is 23.4 Å². The molecule has 1 N–H and O–H groups in total. The molecule has 2 aromatic rings. The smallest absolute Gasteiger partial charge is 0.356 e. The van der Waals surface area contributed by atoms with Crippen LogP contribution in [0.1, 0.15) is 24.8 Å². The third kappa shape index (κ3) is 6.28. The zero-order chi connectivity index (χ0) is 21.6. The molecule has 162 valence electrons. The summed E-state index contributed by atoms with van der Waals surface area (Å²) in [5.74, 6) is 1.20. The van der Waals surface area contributed by atoms with Crippen molar-refractivity contribution in [2.45, 2.75) is 30.3 Å². The standard InChI is InChI=1S/C21H23ClF3N3OS/c22-18-13-16(21(23,24)25)14-27-19(18)28-10-7-15(8-11-28)20(29)26-9-4-12-30-17-5-2-1-3-6-17/h1-3,5-6,13-15H,4,7-12H2,(H,26,29). The van der Waals surface area contributed by atoms with Gasteiger partial charge in [-0.3, -0.25) is 4.79 Å². The number of anilines is 1. The highest BCUT2D eigenvalue weighted by Crippen LogP contribution is 2.34. The highest BCUT2D eigenvalue weighted by molar-refractivity contribution is 7.99. The molecule has 1 aliphatic heterocycles. The molecule has 1 amide bonds. The highest BCUT2D eigenvalue weighted by Gasteiger charge is 2.33. The number of halogens is 4. The molecular weight excluding hydrogens is 435 g/mol. The number of aromatic nitrogens is 1. The zero-order valence-electron chi connectivity index (χ0n) is 16.3. The van der Waals surface area contributed by atoms with Crippen LogP contribution in [-0.2, 0) is 11.0 Å². The van der Waals surface area contributed by atoms with E-state index in [0.29, 0.717) is 38.3 Å². The van der Waals surface area contributed by atoms with Crippen LogP contribution in [0.4, 0.5) is 19.0 Å². The van der Waals surface area contributed by atoms with Gasteiger partial charge in [-0.15, -0.1) is 11.8 Å². The molecule has 0 radical (unpaired) electrons. The second-order valence-electron chi connectivity index (χ2n) is 7.09. The third-order valence-corrected chi connectivity index (χ3v) is 6.32. The molecule has 1 fully saturated rings. The summed E-state index contributed by atoms with van der Waals surface area (Å²) in [7, 11) is 0. The maximum atomic E-state index is 12.8. The van der Waals surface area contributed by atoms with Gasteiger partial charge in [0, 0.05) is 36.6 Å². The van der Waals surface area contributed by atoms with Gasteiger partial charge in [0.25, 0.3) is 0 Å². The second-order valence-corrected chi connectivity index (χ2v) is 8.67. The van der Waals surface area contributed by atoms with Crippen LogP contribution in [0.25, 0.3) is 0 Å². The number of thioether (sulfide) groups is 1. The minimum Gasteiger partial charge on any atom is -0.356 e. The summed E-state index contributed by atoms with van der Waals surface area (Å²) < 4.78 is 38.3. The van der Waals surface area contributed by atoms with Crippen molar-refractivity contribution in [1.29, 1.82) is 0 Å². The minimum absolute atomic E-state index is 0.0244. The molecule has 1 saturated heterocycles. The van der Waals surface area contributed by atoms with Gasteiger partial charge in [-0.25, -0.2) is 4.98 Å². The van der Waals surface area contributed by atoms with Gasteiger partial charge in [-0.2, -0.15) is 13.2 Å². The number of piperidine rings is 1. The van der Waals surface area contributed by atoms with E-state index >= 15 is 0 Å². The number of carbonyl (C=O) groups is 1. The Labute approximate surface area is 183 Å². The SMILES string of the molecule is O=C(NCCCSc1ccccc1)C1CCN(c2ncc(C(F)(F)F)cc2Cl)CC1. The number of benzene rings is 1. The van der Waals surface area contributed by atoms with Crippen molar-refractivity contribution in [2.75, 3.05) is 30.3 Å². The number of rotatable bonds is 7. The molecule has 1 aromatic carbocycles. The number of amides is 1. The van der Waals surface area contributed by atoms with Crippen molar-refractivity contribution < 1.29 is 18.0 Å². The van der Waals surface area contributed by atoms with Crippen LogP contribution in [0.3, 0.4) is 0 Å². The largest absolute Gasteiger partial charge is 0.417 e. The molecule has 1 aromatic heterocycles. The van der Waals surface area contributed by atoms with Crippen molar-refractivity contribution in [3.8, 4) is 0 Å². The van der Waals surface area contributed by atoms with Gasteiger partial charge < -0.3 is 10.2 Å². The molecule has 3 rings (SSSR count). The molecule has 9 heteroatoms. The quantitative estimate of drug-likeness (QED) is 0.454. The number of pyridine rings is 1. The minimum atomic E-state index is -4.47. The fourth-order valence-corrected chi connectivity index (χ4v) is 4.47. The molecule has 0 bridgehead atoms. The molecule has 30 heavy (non-hydrogen) atoms. The normalized spacial score (nSPS) is 15.3. The van der Waals surface area contributed by atoms with Crippen LogP contribution in [0.5, 0.6) is 0 Å². The second kappa shape index (κ2) is 10.4. The van der Waals surface area contributed by atoms with E-state index in [2.05, 4.69) is 22.4 Å². The molecule has 0 spiro atoms. The van der Waals surface area contributed by atoms with Gasteiger partial charge in [0.15, 0.2) is 0 Å². The van der Waals surface area contributed by atoms with Gasteiger partial charge in [-0.1, -0.05) is 29.8 Å². The monoisotopic (exact) mass is 457 g/mol. The van der Waals surface area contributed by atoms with Crippen LogP contribution in [-0.4, -0.2) is 36.3 Å². The van der Waals surface area contributed by atoms with Crippen LogP contribution < -0.4 is 10.2 Å². The van der Waals surface area contributed by atoms with Gasteiger partial charge in [0.2, 0.25) is 5.91 Å². The van der Waals surface area contributed by atoms with Crippen LogP contribution in [0.2, 0.25) is 5.02 Å². The molecule has 0 aliphatic carbocycles. The van der Waals surface area contributed by atoms with Crippen molar-refractivity contribution in [3.63, 3.8) is 0 Å². The Kier molecular flexibility index (Phi) is 7.88. The summed E-state index contributed by atoms with van der Waals surface area (Å²) in [6, 6.07) is 11.0. The van der Waals surface area contributed by atoms with Crippen molar-refractivity contribution in [2.24, 2.45) is 5.92 Å². The first-order chi connectivity index (χ1) is 14.3. The highest BCUT2D eigenvalue weighted by atomic mass is 35.5. The fraction of sp³-hybridized carbons (Fsp3) is 0.429. The first-order valence-electron chi connectivity index (χ1n) is 9.78. The topological polar surface area (TPSA) is 45.2 Å². The maximum absolute atomic E-state index is 12.8. The number of alkyl halides is 3. The van der Waals surface area contributed by atoms with Gasteiger partial charge in [-0.05, 0) is 43.2 Å². The first-order valence-corrected chi connectivity index (χ1v) is 11.1. The number of nitrogens with zero attached hydrogens (tertiary/aromatic N) is 2. The number of carbonyl (C=O) groups excluding carboxylic acids is 1. The number of hydrogen-bond donors (Lipinski definition) is 1. The fourth-order valence-electron chi connectivity index (χ4n) is 3.31. The summed E-state index contributed by atoms with van der Waals surface area (Å²) >= 11 is 7.79. The van der Waals surface area contributed by atoms with Crippen molar-refractivity contribution in [1.82, 2.24) is 10.3 Å². The third-order valence-electron chi connectivity index (χ3n) is 4.95. The van der Waals surface area contributed by atoms with E-state index in [1.54, 1.807) is 11.8 Å². The maximum Gasteiger partial charge on any atom is 0.417 e. The van der Waals surface area contributed by atoms with E-state index in [4.69, 9.17) is 11.6 Å². The molecule has 1 aliphatic rings. The van der Waals surface area contributed by atoms with Crippen LogP contribution in [0.15, 0.2) is 47.5 Å². The first kappa shape index (κ1) is 22.7. The number of hydrogen-bond acceptors (Lipinski definition) is 4. The summed E-state index contributed by atoms with van der Waals surface area (Å²) in [6.07, 6.45) is -1.56. The predicted octanol–water partition coefficient (Wildman–Crippen LogP) is 5.27. The molecule has 4 nitrogen and oxygen atoms in total. The van der Waals surface area contributed by atoms with E-state index in [1.165, 1.54) is 4.90 Å². The molecular formula is C21H23ClF3N3OS. The zero-order valence-corrected chi connectivity index (χ0v) is 17.9. The summed E-state index contributed by atoms with van der Waals surface area (Å²) in [5, 5.41) is 2.97. The molecule has 0 saturated carbocycles. The Morgan fingerprint density at radius 2 is 1.93 bits per heavy atom. The summed E-state index contributed by atoms with van der Waals surface area (Å²) in [5.41, 5.74) is -0.865. The van der Waals surface area contributed by atoms with Gasteiger partial charge in [0.05, 0.1) is 10.6 Å². The Balaban J connectivity index is 1.40. The Hall–Kier alpha value is -1.93. The van der Waals surface area contributed by atoms with E-state index in [0.717, 1.165) is 24.4 Å². The summed E-state index contributed by atoms with van der Waals surface area (Å²) in [6.45, 7) is 1.69. The lowest BCUT2D eigenvalue weighted by atomic mass is 9.96. The average molecular weight is 458 g/mol. The van der Waals surface area contributed by atoms with E-state index in [-0.39, 0.29) is 16.8 Å². The lowest BCUT2D eigenvalue weighted by Gasteiger charge is -2.32. The Bertz CT molecular complexity index is 843. The van der Waals surface area contributed by atoms with E-state index in [1.807, 2.05) is 23.1 Å². The van der Waals surface area contributed by atoms with Crippen molar-refractivity contribution in [3.05, 3.63) is 53.2 Å². The lowest BCUT2D eigenvalue weighted by Crippen LogP contribution is -2.41. The lowest BCUT2D eigenvalue weighted by molar-refractivity contribution is -0.137.